The molecule has 0 atom stereocenters. The van der Waals surface area contributed by atoms with Gasteiger partial charge >= 0.3 is 6.18 Å². The second kappa shape index (κ2) is 8.08. The van der Waals surface area contributed by atoms with Crippen molar-refractivity contribution in [1.82, 2.24) is 19.2 Å². The molecule has 1 aromatic carbocycles. The van der Waals surface area contributed by atoms with E-state index in [-0.39, 0.29) is 22.3 Å². The van der Waals surface area contributed by atoms with E-state index in [9.17, 15) is 18.0 Å². The fourth-order valence-electron chi connectivity index (χ4n) is 4.74. The van der Waals surface area contributed by atoms with E-state index in [2.05, 4.69) is 34.1 Å². The van der Waals surface area contributed by atoms with E-state index in [1.54, 1.807) is 4.90 Å². The summed E-state index contributed by atoms with van der Waals surface area (Å²) in [5.74, 6) is -0.277. The van der Waals surface area contributed by atoms with E-state index in [0.717, 1.165) is 44.6 Å². The number of pyridine rings is 1. The molecule has 32 heavy (non-hydrogen) atoms. The van der Waals surface area contributed by atoms with Gasteiger partial charge in [0, 0.05) is 44.6 Å². The second-order valence-electron chi connectivity index (χ2n) is 8.44. The Labute approximate surface area is 188 Å². The molecule has 1 amide bonds. The minimum Gasteiger partial charge on any atom is -0.337 e. The number of fused-ring (bicyclic) bond motifs is 2. The monoisotopic (exact) mass is 462 g/mol. The van der Waals surface area contributed by atoms with Gasteiger partial charge in [0.1, 0.15) is 5.69 Å². The van der Waals surface area contributed by atoms with Crippen LogP contribution in [-0.4, -0.2) is 50.8 Å². The Balaban J connectivity index is 1.27. The summed E-state index contributed by atoms with van der Waals surface area (Å²) >= 11 is 6.00. The van der Waals surface area contributed by atoms with Gasteiger partial charge in [-0.25, -0.2) is 4.98 Å². The maximum Gasteiger partial charge on any atom is 0.417 e. The number of likely N-dealkylation sites (tertiary alicyclic amines) is 1. The van der Waals surface area contributed by atoms with Gasteiger partial charge in [-0.1, -0.05) is 35.9 Å². The van der Waals surface area contributed by atoms with Gasteiger partial charge in [0.25, 0.3) is 5.91 Å². The Kier molecular flexibility index (Phi) is 5.37. The van der Waals surface area contributed by atoms with Crippen LogP contribution in [0.25, 0.3) is 5.65 Å². The zero-order valence-electron chi connectivity index (χ0n) is 17.3. The first-order valence-corrected chi connectivity index (χ1v) is 11.0. The second-order valence-corrected chi connectivity index (χ2v) is 8.85. The average molecular weight is 463 g/mol. The summed E-state index contributed by atoms with van der Waals surface area (Å²) in [6.45, 7) is 3.14. The van der Waals surface area contributed by atoms with Gasteiger partial charge in [0.2, 0.25) is 0 Å². The Hall–Kier alpha value is -2.58. The van der Waals surface area contributed by atoms with E-state index in [4.69, 9.17) is 11.6 Å². The molecule has 0 radical (unpaired) electrons. The normalized spacial score (nSPS) is 18.2. The third-order valence-electron chi connectivity index (χ3n) is 6.48. The van der Waals surface area contributed by atoms with Crippen molar-refractivity contribution in [2.24, 2.45) is 0 Å². The van der Waals surface area contributed by atoms with Gasteiger partial charge in [-0.15, -0.1) is 0 Å². The van der Waals surface area contributed by atoms with Crippen LogP contribution in [0.3, 0.4) is 0 Å². The molecule has 3 aromatic rings. The smallest absolute Gasteiger partial charge is 0.337 e. The quantitative estimate of drug-likeness (QED) is 0.555. The van der Waals surface area contributed by atoms with Gasteiger partial charge in [-0.3, -0.25) is 9.69 Å². The third-order valence-corrected chi connectivity index (χ3v) is 6.76. The van der Waals surface area contributed by atoms with Gasteiger partial charge in [-0.2, -0.15) is 13.2 Å². The Morgan fingerprint density at radius 1 is 1.06 bits per heavy atom. The number of alkyl halides is 3. The highest BCUT2D eigenvalue weighted by atomic mass is 35.5. The van der Waals surface area contributed by atoms with Crippen LogP contribution in [0.2, 0.25) is 5.02 Å². The molecule has 0 spiro atoms. The summed E-state index contributed by atoms with van der Waals surface area (Å²) in [4.78, 5) is 21.4. The van der Waals surface area contributed by atoms with E-state index in [1.165, 1.54) is 21.7 Å². The number of imidazole rings is 1. The Morgan fingerprint density at radius 2 is 1.78 bits per heavy atom. The highest BCUT2D eigenvalue weighted by Crippen LogP contribution is 2.32. The number of piperidine rings is 1. The maximum atomic E-state index is 13.1. The molecule has 0 N–H and O–H groups in total. The first-order valence-electron chi connectivity index (χ1n) is 10.6. The molecule has 0 saturated carbocycles. The minimum atomic E-state index is -4.52. The largest absolute Gasteiger partial charge is 0.417 e. The number of carbonyl (C=O) groups excluding carboxylic acids is 1. The Bertz CT molecular complexity index is 1170. The molecule has 4 heterocycles. The lowest BCUT2D eigenvalue weighted by molar-refractivity contribution is -0.137. The molecule has 0 bridgehead atoms. The molecule has 9 heteroatoms. The zero-order valence-corrected chi connectivity index (χ0v) is 18.0. The summed E-state index contributed by atoms with van der Waals surface area (Å²) in [5.41, 5.74) is 2.16. The SMILES string of the molecule is O=C(c1cn2cc(C(F)(F)F)cc(Cl)c2n1)N1CCC(N2CCc3ccccc3C2)CC1. The van der Waals surface area contributed by atoms with Crippen LogP contribution >= 0.6 is 11.6 Å². The first-order chi connectivity index (χ1) is 15.3. The third kappa shape index (κ3) is 3.97. The number of halogens is 4. The number of hydrogen-bond donors (Lipinski definition) is 0. The predicted molar refractivity (Wildman–Crippen MR) is 115 cm³/mol. The molecule has 0 unspecified atom stereocenters. The van der Waals surface area contributed by atoms with Crippen LogP contribution in [0.4, 0.5) is 13.2 Å². The standard InChI is InChI=1S/C23H22ClF3N4O/c24-19-11-17(23(25,26)27)13-31-14-20(28-21(19)31)22(32)29-9-6-18(7-10-29)30-8-5-15-3-1-2-4-16(15)12-30/h1-4,11,13-14,18H,5-10,12H2. The lowest BCUT2D eigenvalue weighted by Crippen LogP contribution is -2.48. The van der Waals surface area contributed by atoms with Crippen molar-refractivity contribution in [3.05, 3.63) is 70.1 Å². The lowest BCUT2D eigenvalue weighted by Gasteiger charge is -2.40. The molecule has 2 aromatic heterocycles. The summed E-state index contributed by atoms with van der Waals surface area (Å²) in [5, 5.41) is -0.136. The number of rotatable bonds is 2. The molecule has 0 aliphatic carbocycles. The van der Waals surface area contributed by atoms with Crippen molar-refractivity contribution in [1.29, 1.82) is 0 Å². The Morgan fingerprint density at radius 3 is 2.50 bits per heavy atom. The number of carbonyl (C=O) groups is 1. The molecule has 1 saturated heterocycles. The number of benzene rings is 1. The summed E-state index contributed by atoms with van der Waals surface area (Å²) < 4.78 is 40.3. The van der Waals surface area contributed by atoms with Crippen molar-refractivity contribution in [3.63, 3.8) is 0 Å². The molecule has 5 rings (SSSR count). The van der Waals surface area contributed by atoms with E-state index >= 15 is 0 Å². The lowest BCUT2D eigenvalue weighted by atomic mass is 9.95. The summed E-state index contributed by atoms with van der Waals surface area (Å²) in [6, 6.07) is 9.76. The van der Waals surface area contributed by atoms with Crippen LogP contribution in [0.15, 0.2) is 42.7 Å². The summed E-state index contributed by atoms with van der Waals surface area (Å²) in [6.07, 6.45) is 0.471. The number of nitrogens with zero attached hydrogens (tertiary/aromatic N) is 4. The molecular formula is C23H22ClF3N4O. The topological polar surface area (TPSA) is 40.9 Å². The predicted octanol–water partition coefficient (Wildman–Crippen LogP) is 4.67. The average Bonchev–Trinajstić information content (AvgIpc) is 3.23. The van der Waals surface area contributed by atoms with E-state index in [1.807, 2.05) is 0 Å². The molecule has 2 aliphatic rings. The van der Waals surface area contributed by atoms with E-state index < -0.39 is 11.7 Å². The number of hydrogen-bond acceptors (Lipinski definition) is 3. The fourth-order valence-corrected chi connectivity index (χ4v) is 5.00. The van der Waals surface area contributed by atoms with Crippen LogP contribution in [-0.2, 0) is 19.1 Å². The fraction of sp³-hybridized carbons (Fsp3) is 0.391. The van der Waals surface area contributed by atoms with Crippen LogP contribution in [0.5, 0.6) is 0 Å². The highest BCUT2D eigenvalue weighted by Gasteiger charge is 2.33. The van der Waals surface area contributed by atoms with Gasteiger partial charge < -0.3 is 9.30 Å². The number of aromatic nitrogens is 2. The van der Waals surface area contributed by atoms with Gasteiger partial charge in [0.15, 0.2) is 5.65 Å². The molecule has 2 aliphatic heterocycles. The molecule has 1 fully saturated rings. The van der Waals surface area contributed by atoms with Gasteiger partial charge in [-0.05, 0) is 36.5 Å². The highest BCUT2D eigenvalue weighted by molar-refractivity contribution is 6.33. The van der Waals surface area contributed by atoms with Crippen LogP contribution < -0.4 is 0 Å². The van der Waals surface area contributed by atoms with Crippen molar-refractivity contribution < 1.29 is 18.0 Å². The van der Waals surface area contributed by atoms with Crippen molar-refractivity contribution in [2.75, 3.05) is 19.6 Å². The molecule has 5 nitrogen and oxygen atoms in total. The van der Waals surface area contributed by atoms with Crippen LogP contribution in [0.1, 0.15) is 40.0 Å². The minimum absolute atomic E-state index is 0.108. The first kappa shape index (κ1) is 21.3. The van der Waals surface area contributed by atoms with E-state index in [0.29, 0.717) is 19.1 Å². The molecule has 168 valence electrons. The van der Waals surface area contributed by atoms with Crippen molar-refractivity contribution >= 4 is 23.2 Å². The maximum absolute atomic E-state index is 13.1. The number of amides is 1. The van der Waals surface area contributed by atoms with Gasteiger partial charge in [0.05, 0.1) is 10.6 Å². The van der Waals surface area contributed by atoms with Crippen molar-refractivity contribution in [3.8, 4) is 0 Å². The van der Waals surface area contributed by atoms with Crippen LogP contribution in [0, 0.1) is 0 Å². The van der Waals surface area contributed by atoms with Crippen molar-refractivity contribution in [2.45, 2.75) is 38.0 Å². The summed E-state index contributed by atoms with van der Waals surface area (Å²) in [7, 11) is 0. The molecular weight excluding hydrogens is 441 g/mol. The zero-order chi connectivity index (χ0) is 22.5.